The molecule has 1 amide bonds. The van der Waals surface area contributed by atoms with Gasteiger partial charge in [0.1, 0.15) is 0 Å². The number of nitrogens with zero attached hydrogens (tertiary/aromatic N) is 2. The predicted octanol–water partition coefficient (Wildman–Crippen LogP) is 3.09. The summed E-state index contributed by atoms with van der Waals surface area (Å²) in [7, 11) is 1.82. The molecule has 21 heavy (non-hydrogen) atoms. The first-order valence-electron chi connectivity index (χ1n) is 7.11. The van der Waals surface area contributed by atoms with Gasteiger partial charge in [0.25, 0.3) is 5.91 Å². The van der Waals surface area contributed by atoms with E-state index in [9.17, 15) is 4.79 Å². The minimum Gasteiger partial charge on any atom is -0.383 e. The van der Waals surface area contributed by atoms with Gasteiger partial charge in [-0.25, -0.2) is 0 Å². The minimum absolute atomic E-state index is 0.00315. The fourth-order valence-corrected chi connectivity index (χ4v) is 2.23. The van der Waals surface area contributed by atoms with Crippen molar-refractivity contribution in [2.45, 2.75) is 20.4 Å². The molecule has 0 bridgehead atoms. The lowest BCUT2D eigenvalue weighted by molar-refractivity contribution is 0.0786. The summed E-state index contributed by atoms with van der Waals surface area (Å²) < 4.78 is 0. The van der Waals surface area contributed by atoms with E-state index in [-0.39, 0.29) is 5.91 Å². The molecule has 2 aromatic rings. The van der Waals surface area contributed by atoms with Gasteiger partial charge in [-0.1, -0.05) is 24.3 Å². The topological polar surface area (TPSA) is 45.2 Å². The normalized spacial score (nSPS) is 10.2. The van der Waals surface area contributed by atoms with Crippen molar-refractivity contribution in [1.82, 2.24) is 9.88 Å². The van der Waals surface area contributed by atoms with Crippen LogP contribution >= 0.6 is 0 Å². The van der Waals surface area contributed by atoms with Gasteiger partial charge < -0.3 is 10.2 Å². The summed E-state index contributed by atoms with van der Waals surface area (Å²) in [4.78, 5) is 18.4. The Hall–Kier alpha value is -2.36. The van der Waals surface area contributed by atoms with Crippen molar-refractivity contribution in [3.8, 4) is 0 Å². The van der Waals surface area contributed by atoms with Crippen LogP contribution in [-0.4, -0.2) is 29.4 Å². The molecule has 4 nitrogen and oxygen atoms in total. The number of aryl methyl sites for hydroxylation is 1. The van der Waals surface area contributed by atoms with Gasteiger partial charge in [0, 0.05) is 26.3 Å². The lowest BCUT2D eigenvalue weighted by Crippen LogP contribution is -2.27. The van der Waals surface area contributed by atoms with Crippen LogP contribution in [0, 0.1) is 6.92 Å². The molecule has 0 radical (unpaired) electrons. The lowest BCUT2D eigenvalue weighted by atomic mass is 10.1. The highest BCUT2D eigenvalue weighted by molar-refractivity contribution is 5.99. The van der Waals surface area contributed by atoms with Gasteiger partial charge in [0.15, 0.2) is 0 Å². The van der Waals surface area contributed by atoms with E-state index < -0.39 is 0 Å². The van der Waals surface area contributed by atoms with Crippen LogP contribution in [0.4, 0.5) is 5.69 Å². The van der Waals surface area contributed by atoms with Crippen molar-refractivity contribution in [2.75, 3.05) is 18.9 Å². The van der Waals surface area contributed by atoms with Crippen molar-refractivity contribution in [3.63, 3.8) is 0 Å². The Morgan fingerprint density at radius 1 is 1.29 bits per heavy atom. The average molecular weight is 283 g/mol. The third-order valence-corrected chi connectivity index (χ3v) is 3.43. The second kappa shape index (κ2) is 6.88. The molecule has 0 aliphatic carbocycles. The molecule has 4 heteroatoms. The van der Waals surface area contributed by atoms with Crippen molar-refractivity contribution in [3.05, 3.63) is 59.4 Å². The first-order chi connectivity index (χ1) is 10.1. The Bertz CT molecular complexity index is 625. The first kappa shape index (κ1) is 15.0. The summed E-state index contributed by atoms with van der Waals surface area (Å²) in [6.07, 6.45) is 3.34. The van der Waals surface area contributed by atoms with Crippen LogP contribution < -0.4 is 5.32 Å². The molecular weight excluding hydrogens is 262 g/mol. The largest absolute Gasteiger partial charge is 0.383 e. The van der Waals surface area contributed by atoms with Gasteiger partial charge >= 0.3 is 0 Å². The molecule has 1 aromatic carbocycles. The van der Waals surface area contributed by atoms with Gasteiger partial charge in [-0.05, 0) is 31.0 Å². The second-order valence-corrected chi connectivity index (χ2v) is 5.04. The van der Waals surface area contributed by atoms with Gasteiger partial charge in [-0.15, -0.1) is 0 Å². The number of rotatable bonds is 5. The molecular formula is C17H21N3O. The number of benzene rings is 1. The number of hydrogen-bond donors (Lipinski definition) is 1. The van der Waals surface area contributed by atoms with E-state index in [1.165, 1.54) is 5.56 Å². The van der Waals surface area contributed by atoms with E-state index in [1.807, 2.05) is 26.1 Å². The number of anilines is 1. The molecule has 1 heterocycles. The summed E-state index contributed by atoms with van der Waals surface area (Å²) in [5.74, 6) is -0.00315. The fraction of sp³-hybridized carbons (Fsp3) is 0.294. The maximum atomic E-state index is 12.6. The first-order valence-corrected chi connectivity index (χ1v) is 7.11. The third kappa shape index (κ3) is 3.60. The van der Waals surface area contributed by atoms with Crippen LogP contribution in [0.1, 0.15) is 28.4 Å². The predicted molar refractivity (Wildman–Crippen MR) is 85.4 cm³/mol. The molecule has 0 aliphatic heterocycles. The number of carbonyl (C=O) groups excluding carboxylic acids is 1. The van der Waals surface area contributed by atoms with Crippen LogP contribution in [-0.2, 0) is 6.54 Å². The second-order valence-electron chi connectivity index (χ2n) is 5.04. The van der Waals surface area contributed by atoms with E-state index in [0.717, 1.165) is 17.8 Å². The zero-order chi connectivity index (χ0) is 15.2. The fourth-order valence-electron chi connectivity index (χ4n) is 2.23. The van der Waals surface area contributed by atoms with E-state index in [2.05, 4.69) is 29.4 Å². The Morgan fingerprint density at radius 3 is 2.76 bits per heavy atom. The molecule has 1 aromatic heterocycles. The summed E-state index contributed by atoms with van der Waals surface area (Å²) in [6, 6.07) is 9.87. The average Bonchev–Trinajstić information content (AvgIpc) is 2.50. The third-order valence-electron chi connectivity index (χ3n) is 3.43. The van der Waals surface area contributed by atoms with Crippen LogP contribution in [0.5, 0.6) is 0 Å². The standard InChI is InChI=1S/C17H21N3O/c1-4-19-16-11-18-10-9-15(16)17(21)20(3)12-14-8-6-5-7-13(14)2/h5-11,19H,4,12H2,1-3H3. The highest BCUT2D eigenvalue weighted by Gasteiger charge is 2.16. The zero-order valence-electron chi connectivity index (χ0n) is 12.8. The summed E-state index contributed by atoms with van der Waals surface area (Å²) in [5.41, 5.74) is 3.79. The Labute approximate surface area is 125 Å². The molecule has 0 saturated heterocycles. The van der Waals surface area contributed by atoms with Gasteiger partial charge in [0.05, 0.1) is 17.4 Å². The van der Waals surface area contributed by atoms with Crippen molar-refractivity contribution in [1.29, 1.82) is 0 Å². The highest BCUT2D eigenvalue weighted by Crippen LogP contribution is 2.17. The molecule has 0 fully saturated rings. The van der Waals surface area contributed by atoms with Gasteiger partial charge in [0.2, 0.25) is 0 Å². The number of hydrogen-bond acceptors (Lipinski definition) is 3. The van der Waals surface area contributed by atoms with E-state index in [0.29, 0.717) is 12.1 Å². The Kier molecular flexibility index (Phi) is 4.93. The summed E-state index contributed by atoms with van der Waals surface area (Å²) in [5, 5.41) is 3.18. The number of amides is 1. The number of nitrogens with one attached hydrogen (secondary N) is 1. The van der Waals surface area contributed by atoms with Crippen molar-refractivity contribution >= 4 is 11.6 Å². The maximum Gasteiger partial charge on any atom is 0.256 e. The van der Waals surface area contributed by atoms with Crippen LogP contribution in [0.2, 0.25) is 0 Å². The molecule has 0 aliphatic rings. The molecule has 110 valence electrons. The number of pyridine rings is 1. The summed E-state index contributed by atoms with van der Waals surface area (Å²) in [6.45, 7) is 5.41. The molecule has 0 spiro atoms. The molecule has 1 N–H and O–H groups in total. The summed E-state index contributed by atoms with van der Waals surface area (Å²) >= 11 is 0. The maximum absolute atomic E-state index is 12.6. The van der Waals surface area contributed by atoms with Crippen LogP contribution in [0.3, 0.4) is 0 Å². The number of aromatic nitrogens is 1. The quantitative estimate of drug-likeness (QED) is 0.917. The smallest absolute Gasteiger partial charge is 0.256 e. The SMILES string of the molecule is CCNc1cnccc1C(=O)N(C)Cc1ccccc1C. The van der Waals surface area contributed by atoms with Gasteiger partial charge in [-0.2, -0.15) is 0 Å². The molecule has 0 atom stereocenters. The zero-order valence-corrected chi connectivity index (χ0v) is 12.8. The van der Waals surface area contributed by atoms with Gasteiger partial charge in [-0.3, -0.25) is 9.78 Å². The molecule has 0 saturated carbocycles. The molecule has 0 unspecified atom stereocenters. The Balaban J connectivity index is 2.18. The molecule has 2 rings (SSSR count). The minimum atomic E-state index is -0.00315. The lowest BCUT2D eigenvalue weighted by Gasteiger charge is -2.20. The monoisotopic (exact) mass is 283 g/mol. The van der Waals surface area contributed by atoms with Crippen molar-refractivity contribution < 1.29 is 4.79 Å². The Morgan fingerprint density at radius 2 is 2.05 bits per heavy atom. The van der Waals surface area contributed by atoms with Crippen molar-refractivity contribution in [2.24, 2.45) is 0 Å². The number of carbonyl (C=O) groups is 1. The van der Waals surface area contributed by atoms with E-state index in [4.69, 9.17) is 0 Å². The highest BCUT2D eigenvalue weighted by atomic mass is 16.2. The van der Waals surface area contributed by atoms with E-state index >= 15 is 0 Å². The van der Waals surface area contributed by atoms with E-state index in [1.54, 1.807) is 23.4 Å². The van der Waals surface area contributed by atoms with Crippen LogP contribution in [0.15, 0.2) is 42.7 Å². The van der Waals surface area contributed by atoms with Crippen LogP contribution in [0.25, 0.3) is 0 Å².